The quantitative estimate of drug-likeness (QED) is 0.416. The molecule has 0 amide bonds. The minimum Gasteiger partial charge on any atom is -0.363 e. The third-order valence-corrected chi connectivity index (χ3v) is 5.67. The highest BCUT2D eigenvalue weighted by atomic mass is 35.5. The first-order valence-electron chi connectivity index (χ1n) is 10.6. The first-order valence-corrected chi connectivity index (χ1v) is 11.0. The van der Waals surface area contributed by atoms with Crippen LogP contribution in [0.15, 0.2) is 30.5 Å². The second kappa shape index (κ2) is 11.2. The third-order valence-electron chi connectivity index (χ3n) is 5.42. The van der Waals surface area contributed by atoms with Crippen LogP contribution >= 0.6 is 11.6 Å². The van der Waals surface area contributed by atoms with Gasteiger partial charge in [0.2, 0.25) is 11.8 Å². The van der Waals surface area contributed by atoms with Crippen molar-refractivity contribution < 1.29 is 4.92 Å². The van der Waals surface area contributed by atoms with E-state index in [-0.39, 0.29) is 17.5 Å². The van der Waals surface area contributed by atoms with E-state index in [1.54, 1.807) is 24.3 Å². The van der Waals surface area contributed by atoms with Crippen molar-refractivity contribution in [1.82, 2.24) is 19.8 Å². The molecule has 1 fully saturated rings. The minimum absolute atomic E-state index is 0.135. The standard InChI is InChI=1S/C21H30ClN7O2/c1-27(2)13-10-18-5-3-4-12-28(18)14-11-23-20-19(29(30)31)15-24-21(26-20)25-17-8-6-16(22)7-9-17/h6-9,15,18H,3-5,10-14H2,1-2H3,(H2,23,24,25,26). The molecular weight excluding hydrogens is 418 g/mol. The monoisotopic (exact) mass is 447 g/mol. The molecule has 2 aromatic rings. The zero-order valence-electron chi connectivity index (χ0n) is 18.1. The fourth-order valence-corrected chi connectivity index (χ4v) is 3.89. The Morgan fingerprint density at radius 2 is 2.06 bits per heavy atom. The number of piperidine rings is 1. The molecule has 168 valence electrons. The molecule has 31 heavy (non-hydrogen) atoms. The van der Waals surface area contributed by atoms with Crippen molar-refractivity contribution in [2.24, 2.45) is 0 Å². The Balaban J connectivity index is 1.63. The summed E-state index contributed by atoms with van der Waals surface area (Å²) in [6.45, 7) is 3.52. The predicted octanol–water partition coefficient (Wildman–Crippen LogP) is 4.00. The molecule has 0 bridgehead atoms. The highest BCUT2D eigenvalue weighted by molar-refractivity contribution is 6.30. The van der Waals surface area contributed by atoms with Gasteiger partial charge in [0.1, 0.15) is 6.20 Å². The van der Waals surface area contributed by atoms with Gasteiger partial charge in [0.25, 0.3) is 0 Å². The summed E-state index contributed by atoms with van der Waals surface area (Å²) in [5.74, 6) is 0.510. The van der Waals surface area contributed by atoms with Gasteiger partial charge in [-0.1, -0.05) is 18.0 Å². The van der Waals surface area contributed by atoms with Gasteiger partial charge in [-0.15, -0.1) is 0 Å². The molecule has 0 spiro atoms. The second-order valence-electron chi connectivity index (χ2n) is 8.02. The van der Waals surface area contributed by atoms with Gasteiger partial charge in [0.15, 0.2) is 0 Å². The molecule has 1 aliphatic heterocycles. The third kappa shape index (κ3) is 7.02. The van der Waals surface area contributed by atoms with Crippen molar-refractivity contribution in [2.75, 3.05) is 50.9 Å². The van der Waals surface area contributed by atoms with Gasteiger partial charge in [-0.25, -0.2) is 4.98 Å². The zero-order valence-corrected chi connectivity index (χ0v) is 18.8. The number of benzene rings is 1. The number of nitrogens with one attached hydrogen (secondary N) is 2. The Morgan fingerprint density at radius 3 is 2.77 bits per heavy atom. The number of nitrogens with zero attached hydrogens (tertiary/aromatic N) is 5. The summed E-state index contributed by atoms with van der Waals surface area (Å²) in [7, 11) is 4.19. The van der Waals surface area contributed by atoms with Gasteiger partial charge in [0, 0.05) is 29.8 Å². The molecule has 1 aromatic carbocycles. The fourth-order valence-electron chi connectivity index (χ4n) is 3.77. The van der Waals surface area contributed by atoms with E-state index in [4.69, 9.17) is 11.6 Å². The summed E-state index contributed by atoms with van der Waals surface area (Å²) in [5.41, 5.74) is 0.616. The molecule has 3 rings (SSSR count). The number of aromatic nitrogens is 2. The van der Waals surface area contributed by atoms with Crippen LogP contribution in [0, 0.1) is 10.1 Å². The molecule has 2 N–H and O–H groups in total. The molecule has 2 heterocycles. The number of rotatable bonds is 10. The molecule has 1 unspecified atom stereocenters. The SMILES string of the molecule is CN(C)CCC1CCCCN1CCNc1nc(Nc2ccc(Cl)cc2)ncc1[N+](=O)[O-]. The van der Waals surface area contributed by atoms with Crippen LogP contribution in [0.25, 0.3) is 0 Å². The molecule has 10 heteroatoms. The van der Waals surface area contributed by atoms with Gasteiger partial charge in [-0.3, -0.25) is 15.0 Å². The first kappa shape index (κ1) is 23.2. The maximum atomic E-state index is 11.4. The number of hydrogen-bond acceptors (Lipinski definition) is 8. The number of hydrogen-bond donors (Lipinski definition) is 2. The topological polar surface area (TPSA) is 99.5 Å². The Bertz CT molecular complexity index is 863. The normalized spacial score (nSPS) is 17.0. The Kier molecular flexibility index (Phi) is 8.39. The predicted molar refractivity (Wildman–Crippen MR) is 124 cm³/mol. The van der Waals surface area contributed by atoms with Crippen LogP contribution in [0.3, 0.4) is 0 Å². The molecule has 1 aliphatic rings. The summed E-state index contributed by atoms with van der Waals surface area (Å²) < 4.78 is 0. The fraction of sp³-hybridized carbons (Fsp3) is 0.524. The lowest BCUT2D eigenvalue weighted by Gasteiger charge is -2.36. The van der Waals surface area contributed by atoms with E-state index in [0.29, 0.717) is 17.6 Å². The highest BCUT2D eigenvalue weighted by Crippen LogP contribution is 2.24. The van der Waals surface area contributed by atoms with Crippen LogP contribution in [-0.2, 0) is 0 Å². The molecular formula is C21H30ClN7O2. The lowest BCUT2D eigenvalue weighted by Crippen LogP contribution is -2.43. The van der Waals surface area contributed by atoms with Gasteiger partial charge >= 0.3 is 5.69 Å². The first-order chi connectivity index (χ1) is 14.9. The van der Waals surface area contributed by atoms with Gasteiger partial charge in [-0.05, 0) is 70.7 Å². The van der Waals surface area contributed by atoms with Crippen LogP contribution in [0.2, 0.25) is 5.02 Å². The lowest BCUT2D eigenvalue weighted by molar-refractivity contribution is -0.384. The average Bonchev–Trinajstić information content (AvgIpc) is 2.74. The Morgan fingerprint density at radius 1 is 1.29 bits per heavy atom. The van der Waals surface area contributed by atoms with Crippen LogP contribution < -0.4 is 10.6 Å². The molecule has 0 saturated carbocycles. The molecule has 0 aliphatic carbocycles. The van der Waals surface area contributed by atoms with E-state index in [1.165, 1.54) is 25.5 Å². The Hall–Kier alpha value is -2.49. The van der Waals surface area contributed by atoms with Crippen LogP contribution in [0.1, 0.15) is 25.7 Å². The van der Waals surface area contributed by atoms with E-state index in [2.05, 4.69) is 44.5 Å². The van der Waals surface area contributed by atoms with Crippen molar-refractivity contribution in [2.45, 2.75) is 31.7 Å². The van der Waals surface area contributed by atoms with Crippen LogP contribution in [0.5, 0.6) is 0 Å². The van der Waals surface area contributed by atoms with Crippen molar-refractivity contribution >= 4 is 34.7 Å². The number of halogens is 1. The van der Waals surface area contributed by atoms with Crippen molar-refractivity contribution in [1.29, 1.82) is 0 Å². The maximum absolute atomic E-state index is 11.4. The number of likely N-dealkylation sites (tertiary alicyclic amines) is 1. The van der Waals surface area contributed by atoms with Crippen LogP contribution in [0.4, 0.5) is 23.1 Å². The lowest BCUT2D eigenvalue weighted by atomic mass is 9.99. The van der Waals surface area contributed by atoms with E-state index >= 15 is 0 Å². The molecule has 1 atom stereocenters. The van der Waals surface area contributed by atoms with Crippen LogP contribution in [-0.4, -0.2) is 71.0 Å². The molecule has 1 aromatic heterocycles. The smallest absolute Gasteiger partial charge is 0.329 e. The van der Waals surface area contributed by atoms with E-state index in [9.17, 15) is 10.1 Å². The Labute approximate surface area is 188 Å². The van der Waals surface area contributed by atoms with E-state index in [0.717, 1.165) is 31.7 Å². The van der Waals surface area contributed by atoms with Crippen molar-refractivity contribution in [3.8, 4) is 0 Å². The van der Waals surface area contributed by atoms with E-state index < -0.39 is 4.92 Å². The number of anilines is 3. The maximum Gasteiger partial charge on any atom is 0.329 e. The molecule has 9 nitrogen and oxygen atoms in total. The van der Waals surface area contributed by atoms with Gasteiger partial charge in [0.05, 0.1) is 4.92 Å². The summed E-state index contributed by atoms with van der Waals surface area (Å²) >= 11 is 5.91. The minimum atomic E-state index is -0.463. The molecule has 1 saturated heterocycles. The van der Waals surface area contributed by atoms with Gasteiger partial charge < -0.3 is 15.5 Å². The summed E-state index contributed by atoms with van der Waals surface area (Å²) in [5, 5.41) is 18.3. The zero-order chi connectivity index (χ0) is 22.2. The van der Waals surface area contributed by atoms with Gasteiger partial charge in [-0.2, -0.15) is 4.98 Å². The highest BCUT2D eigenvalue weighted by Gasteiger charge is 2.23. The average molecular weight is 448 g/mol. The molecule has 0 radical (unpaired) electrons. The largest absolute Gasteiger partial charge is 0.363 e. The summed E-state index contributed by atoms with van der Waals surface area (Å²) in [6.07, 6.45) is 6.03. The summed E-state index contributed by atoms with van der Waals surface area (Å²) in [6, 6.07) is 7.65. The summed E-state index contributed by atoms with van der Waals surface area (Å²) in [4.78, 5) is 24.1. The van der Waals surface area contributed by atoms with Crippen molar-refractivity contribution in [3.05, 3.63) is 45.6 Å². The second-order valence-corrected chi connectivity index (χ2v) is 8.46. The van der Waals surface area contributed by atoms with Crippen molar-refractivity contribution in [3.63, 3.8) is 0 Å². The van der Waals surface area contributed by atoms with E-state index in [1.807, 2.05) is 0 Å². The number of nitro groups is 1.